The molecule has 0 saturated carbocycles. The molecule has 0 radical (unpaired) electrons. The Morgan fingerprint density at radius 3 is 2.47 bits per heavy atom. The number of amides is 3. The molecule has 3 aromatic carbocycles. The van der Waals surface area contributed by atoms with Gasteiger partial charge in [-0.15, -0.1) is 0 Å². The van der Waals surface area contributed by atoms with E-state index >= 15 is 0 Å². The lowest BCUT2D eigenvalue weighted by atomic mass is 9.87. The van der Waals surface area contributed by atoms with E-state index < -0.39 is 63.4 Å². The molecule has 0 aromatic heterocycles. The van der Waals surface area contributed by atoms with Crippen molar-refractivity contribution >= 4 is 39.9 Å². The van der Waals surface area contributed by atoms with E-state index in [1.807, 2.05) is 0 Å². The highest BCUT2D eigenvalue weighted by Gasteiger charge is 2.69. The number of anilines is 1. The summed E-state index contributed by atoms with van der Waals surface area (Å²) in [4.78, 5) is 53.8. The summed E-state index contributed by atoms with van der Waals surface area (Å²) in [7, 11) is 0. The summed E-state index contributed by atoms with van der Waals surface area (Å²) >= 11 is 0. The van der Waals surface area contributed by atoms with Gasteiger partial charge in [-0.05, 0) is 36.8 Å². The van der Waals surface area contributed by atoms with E-state index in [4.69, 9.17) is 0 Å². The van der Waals surface area contributed by atoms with E-state index in [0.29, 0.717) is 12.1 Å². The molecule has 3 heterocycles. The molecule has 2 bridgehead atoms. The third-order valence-corrected chi connectivity index (χ3v) is 7.48. The van der Waals surface area contributed by atoms with Crippen LogP contribution < -0.4 is 10.2 Å². The van der Waals surface area contributed by atoms with Gasteiger partial charge in [-0.2, -0.15) is 13.2 Å². The van der Waals surface area contributed by atoms with Crippen LogP contribution in [0.3, 0.4) is 0 Å². The predicted octanol–water partition coefficient (Wildman–Crippen LogP) is 4.04. The number of hydrogen-bond donors (Lipinski definition) is 1. The first kappa shape index (κ1) is 24.0. The number of rotatable bonds is 4. The topological polar surface area (TPSA) is 113 Å². The first-order valence-electron chi connectivity index (χ1n) is 11.4. The third kappa shape index (κ3) is 3.11. The Hall–Kier alpha value is -4.39. The summed E-state index contributed by atoms with van der Waals surface area (Å²) < 4.78 is 53.8. The number of non-ortho nitro benzene ring substituents is 1. The van der Waals surface area contributed by atoms with Crippen molar-refractivity contribution in [1.29, 1.82) is 0 Å². The number of carbonyl (C=O) groups is 3. The van der Waals surface area contributed by atoms with Crippen molar-refractivity contribution in [2.45, 2.75) is 30.2 Å². The summed E-state index contributed by atoms with van der Waals surface area (Å²) in [5.41, 5.74) is -3.87. The number of benzene rings is 3. The zero-order chi connectivity index (χ0) is 27.1. The minimum absolute atomic E-state index is 0.0123. The number of nitro benzene ring substituents is 1. The van der Waals surface area contributed by atoms with Gasteiger partial charge in [0.2, 0.25) is 0 Å². The highest BCUT2D eigenvalue weighted by atomic mass is 19.4. The molecule has 3 fully saturated rings. The fraction of sp³-hybridized carbons (Fsp3) is 0.240. The van der Waals surface area contributed by atoms with Crippen LogP contribution in [0.2, 0.25) is 0 Å². The van der Waals surface area contributed by atoms with Gasteiger partial charge in [0.15, 0.2) is 5.78 Å². The number of nitro groups is 1. The van der Waals surface area contributed by atoms with Crippen LogP contribution in [0.4, 0.5) is 33.7 Å². The average Bonchev–Trinajstić information content (AvgIpc) is 3.53. The number of alkyl halides is 3. The minimum atomic E-state index is -5.04. The number of carbonyl (C=O) groups excluding carboxylic acids is 3. The van der Waals surface area contributed by atoms with Gasteiger partial charge in [0.05, 0.1) is 21.6 Å². The fourth-order valence-electron chi connectivity index (χ4n) is 5.86. The summed E-state index contributed by atoms with van der Waals surface area (Å²) in [5.74, 6) is -3.06. The monoisotopic (exact) mass is 528 g/mol. The molecule has 3 unspecified atom stereocenters. The molecule has 13 heteroatoms. The van der Waals surface area contributed by atoms with Crippen LogP contribution in [0, 0.1) is 15.9 Å². The van der Waals surface area contributed by atoms with Crippen molar-refractivity contribution in [3.8, 4) is 0 Å². The van der Waals surface area contributed by atoms with E-state index in [2.05, 4.69) is 5.32 Å². The van der Waals surface area contributed by atoms with Gasteiger partial charge in [0.25, 0.3) is 11.6 Å². The molecule has 3 aromatic rings. The molecule has 0 aliphatic carbocycles. The molecule has 1 N–H and O–H groups in total. The second-order valence-corrected chi connectivity index (χ2v) is 9.42. The molecule has 38 heavy (non-hydrogen) atoms. The van der Waals surface area contributed by atoms with E-state index in [9.17, 15) is 42.1 Å². The van der Waals surface area contributed by atoms with Crippen molar-refractivity contribution in [1.82, 2.24) is 10.2 Å². The fourth-order valence-corrected chi connectivity index (χ4v) is 5.86. The third-order valence-electron chi connectivity index (χ3n) is 7.48. The van der Waals surface area contributed by atoms with Gasteiger partial charge >= 0.3 is 12.2 Å². The quantitative estimate of drug-likeness (QED) is 0.180. The van der Waals surface area contributed by atoms with Crippen molar-refractivity contribution < 1.29 is 36.9 Å². The SMILES string of the molecule is O=C1C2C3CC(C(=O)c4ccc(F)c(C(F)(F)F)c4)(CN3)N2C(=O)N1c1ccc([N+](=O)[O-])c2ccccc12. The lowest BCUT2D eigenvalue weighted by Gasteiger charge is -2.37. The zero-order valence-electron chi connectivity index (χ0n) is 19.2. The number of halogens is 4. The van der Waals surface area contributed by atoms with Crippen LogP contribution >= 0.6 is 0 Å². The first-order chi connectivity index (χ1) is 18.0. The molecule has 3 atom stereocenters. The average molecular weight is 528 g/mol. The van der Waals surface area contributed by atoms with Crippen molar-refractivity contribution in [2.75, 3.05) is 11.4 Å². The minimum Gasteiger partial charge on any atom is -0.308 e. The number of Topliss-reactive ketones (excluding diaryl/α,β-unsaturated/α-hetero) is 1. The number of nitrogens with one attached hydrogen (secondary N) is 1. The number of piperazine rings is 1. The van der Waals surface area contributed by atoms with Gasteiger partial charge in [0.1, 0.15) is 17.4 Å². The molecule has 6 rings (SSSR count). The van der Waals surface area contributed by atoms with Crippen molar-refractivity contribution in [3.63, 3.8) is 0 Å². The zero-order valence-corrected chi connectivity index (χ0v) is 19.2. The Morgan fingerprint density at radius 1 is 1.08 bits per heavy atom. The maximum absolute atomic E-state index is 13.9. The number of imide groups is 1. The lowest BCUT2D eigenvalue weighted by Crippen LogP contribution is -2.61. The highest BCUT2D eigenvalue weighted by Crippen LogP contribution is 2.48. The van der Waals surface area contributed by atoms with E-state index in [0.717, 1.165) is 15.9 Å². The smallest absolute Gasteiger partial charge is 0.308 e. The molecule has 194 valence electrons. The molecular formula is C25H16F4N4O5. The maximum atomic E-state index is 13.9. The Bertz CT molecular complexity index is 1590. The van der Waals surface area contributed by atoms with Gasteiger partial charge in [-0.25, -0.2) is 14.1 Å². The summed E-state index contributed by atoms with van der Waals surface area (Å²) in [5, 5.41) is 15.0. The number of ketones is 1. The van der Waals surface area contributed by atoms with Gasteiger partial charge in [-0.3, -0.25) is 24.6 Å². The van der Waals surface area contributed by atoms with E-state index in [1.165, 1.54) is 24.3 Å². The standard InChI is InChI=1S/C25H16F4N4O5/c26-16-6-5-12(9-15(16)25(27,28)29)21(34)24-10-17(30-11-24)20-22(35)31(23(36)32(20)24)18-7-8-19(33(37)38)14-4-2-1-3-13(14)18/h1-9,17,20,30H,10-11H2. The van der Waals surface area contributed by atoms with Crippen LogP contribution in [0.5, 0.6) is 0 Å². The lowest BCUT2D eigenvalue weighted by molar-refractivity contribution is -0.383. The van der Waals surface area contributed by atoms with Crippen LogP contribution in [0.25, 0.3) is 10.8 Å². The summed E-state index contributed by atoms with van der Waals surface area (Å²) in [6, 6.07) is 7.86. The normalized spacial score (nSPS) is 24.4. The number of hydrogen-bond acceptors (Lipinski definition) is 6. The molecule has 3 aliphatic rings. The maximum Gasteiger partial charge on any atom is 0.419 e. The Morgan fingerprint density at radius 2 is 1.79 bits per heavy atom. The van der Waals surface area contributed by atoms with Crippen LogP contribution in [0.15, 0.2) is 54.6 Å². The molecule has 3 aliphatic heterocycles. The number of urea groups is 1. The molecule has 3 amide bonds. The Kier molecular flexibility index (Phi) is 4.92. The van der Waals surface area contributed by atoms with Crippen LogP contribution in [0.1, 0.15) is 22.3 Å². The van der Waals surface area contributed by atoms with E-state index in [-0.39, 0.29) is 35.1 Å². The predicted molar refractivity (Wildman–Crippen MR) is 124 cm³/mol. The van der Waals surface area contributed by atoms with Crippen molar-refractivity contribution in [3.05, 3.63) is 81.7 Å². The summed E-state index contributed by atoms with van der Waals surface area (Å²) in [6.07, 6.45) is -5.05. The summed E-state index contributed by atoms with van der Waals surface area (Å²) in [6.45, 7) is -0.112. The van der Waals surface area contributed by atoms with Gasteiger partial charge < -0.3 is 5.32 Å². The van der Waals surface area contributed by atoms with Crippen LogP contribution in [-0.2, 0) is 11.0 Å². The first-order valence-corrected chi connectivity index (χ1v) is 11.4. The molecule has 3 saturated heterocycles. The highest BCUT2D eigenvalue weighted by molar-refractivity contribution is 6.27. The van der Waals surface area contributed by atoms with E-state index in [1.54, 1.807) is 12.1 Å². The largest absolute Gasteiger partial charge is 0.419 e. The Labute approximate surface area is 210 Å². The second-order valence-electron chi connectivity index (χ2n) is 9.42. The number of nitrogens with zero attached hydrogens (tertiary/aromatic N) is 3. The second kappa shape index (κ2) is 7.81. The van der Waals surface area contributed by atoms with Gasteiger partial charge in [-0.1, -0.05) is 18.2 Å². The van der Waals surface area contributed by atoms with Crippen LogP contribution in [-0.4, -0.2) is 51.7 Å². The molecular weight excluding hydrogens is 512 g/mol. The van der Waals surface area contributed by atoms with Crippen molar-refractivity contribution in [2.24, 2.45) is 0 Å². The van der Waals surface area contributed by atoms with Gasteiger partial charge in [0, 0.05) is 29.6 Å². The molecule has 0 spiro atoms. The Balaban J connectivity index is 1.44. The molecule has 9 nitrogen and oxygen atoms in total. The number of fused-ring (bicyclic) bond motifs is 6.